The monoisotopic (exact) mass is 333 g/mol. The quantitative estimate of drug-likeness (QED) is 0.869. The van der Waals surface area contributed by atoms with Crippen LogP contribution in [0.3, 0.4) is 0 Å². The van der Waals surface area contributed by atoms with E-state index in [1.165, 1.54) is 0 Å². The first kappa shape index (κ1) is 15.0. The van der Waals surface area contributed by atoms with E-state index in [0.29, 0.717) is 17.0 Å². The van der Waals surface area contributed by atoms with Gasteiger partial charge < -0.3 is 10.4 Å². The second kappa shape index (κ2) is 6.75. The standard InChI is InChI=1S/C12H13BrClNO3/c1-7(2-3-11(16)17)15-12(18)8-4-9(13)6-10(14)5-8/h4-7H,2-3H2,1H3,(H,15,18)(H,16,17). The van der Waals surface area contributed by atoms with E-state index >= 15 is 0 Å². The third-order valence-corrected chi connectivity index (χ3v) is 2.97. The van der Waals surface area contributed by atoms with Gasteiger partial charge in [0.05, 0.1) is 0 Å². The molecule has 0 spiro atoms. The molecule has 1 unspecified atom stereocenters. The summed E-state index contributed by atoms with van der Waals surface area (Å²) in [7, 11) is 0. The molecule has 1 aromatic carbocycles. The molecule has 0 saturated carbocycles. The Labute approximate surface area is 118 Å². The molecule has 0 aromatic heterocycles. The fourth-order valence-electron chi connectivity index (χ4n) is 1.40. The molecular formula is C12H13BrClNO3. The van der Waals surface area contributed by atoms with E-state index in [0.717, 1.165) is 4.47 Å². The maximum atomic E-state index is 11.9. The number of nitrogens with one attached hydrogen (secondary N) is 1. The van der Waals surface area contributed by atoms with E-state index < -0.39 is 5.97 Å². The van der Waals surface area contributed by atoms with Crippen LogP contribution in [0.2, 0.25) is 5.02 Å². The van der Waals surface area contributed by atoms with Gasteiger partial charge in [0.2, 0.25) is 0 Å². The van der Waals surface area contributed by atoms with Crippen LogP contribution in [0.1, 0.15) is 30.1 Å². The molecule has 2 N–H and O–H groups in total. The molecule has 1 aromatic rings. The number of aliphatic carboxylic acids is 1. The average Bonchev–Trinajstić information content (AvgIpc) is 2.25. The number of hydrogen-bond donors (Lipinski definition) is 2. The number of carboxylic acid groups (broad SMARTS) is 1. The maximum absolute atomic E-state index is 11.9. The van der Waals surface area contributed by atoms with Gasteiger partial charge in [-0.2, -0.15) is 0 Å². The largest absolute Gasteiger partial charge is 0.481 e. The van der Waals surface area contributed by atoms with Crippen LogP contribution in [-0.2, 0) is 4.79 Å². The van der Waals surface area contributed by atoms with Crippen molar-refractivity contribution in [1.29, 1.82) is 0 Å². The zero-order valence-corrected chi connectivity index (χ0v) is 12.1. The van der Waals surface area contributed by atoms with Crippen LogP contribution in [0, 0.1) is 0 Å². The van der Waals surface area contributed by atoms with Crippen molar-refractivity contribution in [3.8, 4) is 0 Å². The smallest absolute Gasteiger partial charge is 0.303 e. The number of hydrogen-bond acceptors (Lipinski definition) is 2. The van der Waals surface area contributed by atoms with Gasteiger partial charge in [0.25, 0.3) is 5.91 Å². The number of carbonyl (C=O) groups is 2. The van der Waals surface area contributed by atoms with Crippen molar-refractivity contribution in [2.24, 2.45) is 0 Å². The molecule has 0 fully saturated rings. The molecule has 0 aliphatic rings. The number of carboxylic acids is 1. The molecule has 98 valence electrons. The first-order chi connectivity index (χ1) is 8.38. The van der Waals surface area contributed by atoms with Crippen LogP contribution in [0.25, 0.3) is 0 Å². The lowest BCUT2D eigenvalue weighted by Crippen LogP contribution is -2.32. The number of benzene rings is 1. The topological polar surface area (TPSA) is 66.4 Å². The van der Waals surface area contributed by atoms with E-state index in [-0.39, 0.29) is 18.4 Å². The predicted molar refractivity (Wildman–Crippen MR) is 73.0 cm³/mol. The van der Waals surface area contributed by atoms with Gasteiger partial charge in [0.1, 0.15) is 0 Å². The summed E-state index contributed by atoms with van der Waals surface area (Å²) in [4.78, 5) is 22.3. The SMILES string of the molecule is CC(CCC(=O)O)NC(=O)c1cc(Cl)cc(Br)c1. The number of halogens is 2. The highest BCUT2D eigenvalue weighted by molar-refractivity contribution is 9.10. The van der Waals surface area contributed by atoms with Crippen molar-refractivity contribution in [2.45, 2.75) is 25.8 Å². The van der Waals surface area contributed by atoms with Crippen molar-refractivity contribution in [1.82, 2.24) is 5.32 Å². The molecule has 0 aliphatic heterocycles. The molecule has 1 rings (SSSR count). The summed E-state index contributed by atoms with van der Waals surface area (Å²) in [6.45, 7) is 1.76. The molecule has 0 radical (unpaired) electrons. The average molecular weight is 335 g/mol. The van der Waals surface area contributed by atoms with E-state index in [1.807, 2.05) is 0 Å². The lowest BCUT2D eigenvalue weighted by atomic mass is 10.1. The van der Waals surface area contributed by atoms with Gasteiger partial charge in [-0.1, -0.05) is 27.5 Å². The summed E-state index contributed by atoms with van der Waals surface area (Å²) in [5, 5.41) is 11.7. The van der Waals surface area contributed by atoms with Gasteiger partial charge in [-0.05, 0) is 31.5 Å². The molecule has 0 bridgehead atoms. The Bertz CT molecular complexity index is 444. The van der Waals surface area contributed by atoms with Crippen molar-refractivity contribution < 1.29 is 14.7 Å². The first-order valence-corrected chi connectivity index (χ1v) is 6.54. The fourth-order valence-corrected chi connectivity index (χ4v) is 2.26. The lowest BCUT2D eigenvalue weighted by Gasteiger charge is -2.13. The second-order valence-electron chi connectivity index (χ2n) is 3.97. The maximum Gasteiger partial charge on any atom is 0.303 e. The third-order valence-electron chi connectivity index (χ3n) is 2.29. The zero-order valence-electron chi connectivity index (χ0n) is 9.74. The molecule has 0 aliphatic carbocycles. The number of rotatable bonds is 5. The molecule has 18 heavy (non-hydrogen) atoms. The molecular weight excluding hydrogens is 321 g/mol. The number of carbonyl (C=O) groups excluding carboxylic acids is 1. The Hall–Kier alpha value is -1.07. The minimum atomic E-state index is -0.874. The molecule has 0 saturated heterocycles. The van der Waals surface area contributed by atoms with E-state index in [4.69, 9.17) is 16.7 Å². The first-order valence-electron chi connectivity index (χ1n) is 5.37. The molecule has 6 heteroatoms. The van der Waals surface area contributed by atoms with Gasteiger partial charge in [-0.25, -0.2) is 0 Å². The van der Waals surface area contributed by atoms with Gasteiger partial charge in [-0.3, -0.25) is 9.59 Å². The minimum absolute atomic E-state index is 0.0285. The van der Waals surface area contributed by atoms with Crippen molar-refractivity contribution in [3.63, 3.8) is 0 Å². The Morgan fingerprint density at radius 2 is 2.11 bits per heavy atom. The summed E-state index contributed by atoms with van der Waals surface area (Å²) in [6, 6.07) is 4.70. The predicted octanol–water partition coefficient (Wildman–Crippen LogP) is 3.09. The molecule has 0 heterocycles. The van der Waals surface area contributed by atoms with E-state index in [2.05, 4.69) is 21.2 Å². The Balaban J connectivity index is 2.61. The van der Waals surface area contributed by atoms with Crippen LogP contribution in [0.15, 0.2) is 22.7 Å². The Morgan fingerprint density at radius 1 is 1.44 bits per heavy atom. The van der Waals surface area contributed by atoms with E-state index in [1.54, 1.807) is 25.1 Å². The summed E-state index contributed by atoms with van der Waals surface area (Å²) in [5.41, 5.74) is 0.441. The molecule has 4 nitrogen and oxygen atoms in total. The van der Waals surface area contributed by atoms with Crippen molar-refractivity contribution in [3.05, 3.63) is 33.3 Å². The summed E-state index contributed by atoms with van der Waals surface area (Å²) < 4.78 is 0.721. The van der Waals surface area contributed by atoms with Crippen LogP contribution in [0.4, 0.5) is 0 Å². The van der Waals surface area contributed by atoms with Crippen LogP contribution in [0.5, 0.6) is 0 Å². The van der Waals surface area contributed by atoms with Gasteiger partial charge >= 0.3 is 5.97 Å². The fraction of sp³-hybridized carbons (Fsp3) is 0.333. The minimum Gasteiger partial charge on any atom is -0.481 e. The highest BCUT2D eigenvalue weighted by Gasteiger charge is 2.12. The number of amides is 1. The van der Waals surface area contributed by atoms with Crippen LogP contribution < -0.4 is 5.32 Å². The summed E-state index contributed by atoms with van der Waals surface area (Å²) >= 11 is 9.10. The normalized spacial score (nSPS) is 11.9. The zero-order chi connectivity index (χ0) is 13.7. The molecule has 1 amide bonds. The van der Waals surface area contributed by atoms with Gasteiger partial charge in [0, 0.05) is 27.5 Å². The van der Waals surface area contributed by atoms with Crippen molar-refractivity contribution in [2.75, 3.05) is 0 Å². The Morgan fingerprint density at radius 3 is 2.67 bits per heavy atom. The second-order valence-corrected chi connectivity index (χ2v) is 5.32. The van der Waals surface area contributed by atoms with Crippen LogP contribution in [-0.4, -0.2) is 23.0 Å². The Kier molecular flexibility index (Phi) is 5.62. The van der Waals surface area contributed by atoms with Gasteiger partial charge in [0.15, 0.2) is 0 Å². The lowest BCUT2D eigenvalue weighted by molar-refractivity contribution is -0.137. The van der Waals surface area contributed by atoms with E-state index in [9.17, 15) is 9.59 Å². The van der Waals surface area contributed by atoms with Gasteiger partial charge in [-0.15, -0.1) is 0 Å². The highest BCUT2D eigenvalue weighted by atomic mass is 79.9. The van der Waals surface area contributed by atoms with Crippen molar-refractivity contribution >= 4 is 39.4 Å². The summed E-state index contributed by atoms with van der Waals surface area (Å²) in [6.07, 6.45) is 0.420. The molecule has 1 atom stereocenters. The third kappa shape index (κ3) is 5.06. The van der Waals surface area contributed by atoms with Crippen LogP contribution >= 0.6 is 27.5 Å². The highest BCUT2D eigenvalue weighted by Crippen LogP contribution is 2.19. The summed E-state index contributed by atoms with van der Waals surface area (Å²) in [5.74, 6) is -1.14.